The number of phosphoric acid groups is 2. The molecule has 3 N–H and O–H groups in total. The Hall–Kier alpha value is -1.94. The van der Waals surface area contributed by atoms with Crippen molar-refractivity contribution in [3.05, 3.63) is 0 Å². The number of unbranched alkanes of at least 4 members (excludes halogenated alkanes) is 42. The van der Waals surface area contributed by atoms with Crippen molar-refractivity contribution >= 4 is 39.5 Å². The lowest BCUT2D eigenvalue weighted by Crippen LogP contribution is -2.30. The summed E-state index contributed by atoms with van der Waals surface area (Å²) in [7, 11) is -9.91. The minimum absolute atomic E-state index is 0.107. The van der Waals surface area contributed by atoms with E-state index in [9.17, 15) is 43.2 Å². The second-order valence-corrected chi connectivity index (χ2v) is 30.3. The van der Waals surface area contributed by atoms with Gasteiger partial charge < -0.3 is 33.8 Å². The lowest BCUT2D eigenvalue weighted by Gasteiger charge is -2.21. The van der Waals surface area contributed by atoms with Gasteiger partial charge in [-0.25, -0.2) is 9.13 Å². The van der Waals surface area contributed by atoms with Crippen LogP contribution in [0.5, 0.6) is 0 Å². The number of carbonyl (C=O) groups is 4. The first kappa shape index (κ1) is 91.1. The lowest BCUT2D eigenvalue weighted by atomic mass is 10.00. The maximum absolute atomic E-state index is 13.1. The van der Waals surface area contributed by atoms with Crippen molar-refractivity contribution in [2.75, 3.05) is 39.6 Å². The van der Waals surface area contributed by atoms with Crippen molar-refractivity contribution in [1.29, 1.82) is 0 Å². The number of hydrogen-bond donors (Lipinski definition) is 3. The van der Waals surface area contributed by atoms with Crippen molar-refractivity contribution in [1.82, 2.24) is 0 Å². The highest BCUT2D eigenvalue weighted by Gasteiger charge is 2.30. The highest BCUT2D eigenvalue weighted by Crippen LogP contribution is 2.45. The van der Waals surface area contributed by atoms with Gasteiger partial charge in [-0.05, 0) is 37.5 Å². The Labute approximate surface area is 568 Å². The highest BCUT2D eigenvalue weighted by atomic mass is 31.2. The fraction of sp³-hybridized carbons (Fsp3) is 0.946. The van der Waals surface area contributed by atoms with Gasteiger partial charge in [0.2, 0.25) is 0 Å². The Morgan fingerprint density at radius 1 is 0.312 bits per heavy atom. The standard InChI is InChI=1S/C74H144O17P2/c1-7-10-12-14-16-18-20-22-23-25-29-33-37-44-50-56-71(76)84-62-69(90-73(78)59-53-47-39-35-31-27-26-28-32-36-42-48-54-66(4)5)64-88-92(80,81)86-60-68(75)61-87-93(82,83)89-65-70(63-85-72(77)57-51-45-41-40-43-49-55-67(6)9-3)91-74(79)58-52-46-38-34-30-24-21-19-17-15-13-11-8-2/h66-70,75H,7-65H2,1-6H3,(H,80,81)(H,82,83)/t67?,68-,69-,70-/m1/s1. The second-order valence-electron chi connectivity index (χ2n) is 27.4. The Morgan fingerprint density at radius 2 is 0.548 bits per heavy atom. The fourth-order valence-electron chi connectivity index (χ4n) is 11.3. The van der Waals surface area contributed by atoms with Crippen LogP contribution in [0.15, 0.2) is 0 Å². The minimum atomic E-state index is -4.96. The van der Waals surface area contributed by atoms with Gasteiger partial charge in [-0.3, -0.25) is 37.3 Å². The smallest absolute Gasteiger partial charge is 0.462 e. The molecule has 0 rings (SSSR count). The molecule has 0 spiro atoms. The van der Waals surface area contributed by atoms with Gasteiger partial charge in [0.15, 0.2) is 12.2 Å². The molecule has 0 saturated carbocycles. The summed E-state index contributed by atoms with van der Waals surface area (Å²) in [6.45, 7) is 9.56. The third kappa shape index (κ3) is 67.0. The van der Waals surface area contributed by atoms with Crippen LogP contribution in [0, 0.1) is 11.8 Å². The SMILES string of the molecule is CCCCCCCCCCCCCCCCCC(=O)OC[C@H](COP(=O)(O)OC[C@@H](O)COP(=O)(O)OC[C@@H](COC(=O)CCCCCCCCC(C)CC)OC(=O)CCCCCCCCCCCCCCC)OC(=O)CCCCCCCCCCCCCCC(C)C. The monoisotopic (exact) mass is 1370 g/mol. The number of ether oxygens (including phenoxy) is 4. The first-order valence-electron chi connectivity index (χ1n) is 38.5. The van der Waals surface area contributed by atoms with Crippen LogP contribution in [-0.2, 0) is 65.4 Å². The molecule has 17 nitrogen and oxygen atoms in total. The number of esters is 4. The van der Waals surface area contributed by atoms with Gasteiger partial charge in [0.1, 0.15) is 19.3 Å². The molecule has 0 aromatic carbocycles. The van der Waals surface area contributed by atoms with Crippen molar-refractivity contribution in [3.63, 3.8) is 0 Å². The number of carbonyl (C=O) groups excluding carboxylic acids is 4. The zero-order chi connectivity index (χ0) is 68.6. The van der Waals surface area contributed by atoms with Crippen molar-refractivity contribution < 1.29 is 80.2 Å². The van der Waals surface area contributed by atoms with Crippen LogP contribution < -0.4 is 0 Å². The molecule has 0 saturated heterocycles. The molecule has 6 atom stereocenters. The molecule has 0 aliphatic heterocycles. The van der Waals surface area contributed by atoms with Gasteiger partial charge in [-0.15, -0.1) is 0 Å². The number of hydrogen-bond acceptors (Lipinski definition) is 15. The minimum Gasteiger partial charge on any atom is -0.462 e. The third-order valence-corrected chi connectivity index (χ3v) is 19.5. The average molecular weight is 1370 g/mol. The molecular weight excluding hydrogens is 1220 g/mol. The van der Waals surface area contributed by atoms with Crippen LogP contribution in [0.2, 0.25) is 0 Å². The van der Waals surface area contributed by atoms with E-state index in [1.54, 1.807) is 0 Å². The molecule has 93 heavy (non-hydrogen) atoms. The first-order valence-corrected chi connectivity index (χ1v) is 41.5. The van der Waals surface area contributed by atoms with E-state index in [1.807, 2.05) is 0 Å². The quantitative estimate of drug-likeness (QED) is 0.0222. The van der Waals surface area contributed by atoms with Gasteiger partial charge >= 0.3 is 39.5 Å². The predicted molar refractivity (Wildman–Crippen MR) is 377 cm³/mol. The largest absolute Gasteiger partial charge is 0.472 e. The van der Waals surface area contributed by atoms with Crippen LogP contribution in [0.25, 0.3) is 0 Å². The van der Waals surface area contributed by atoms with E-state index in [2.05, 4.69) is 41.5 Å². The summed E-state index contributed by atoms with van der Waals surface area (Å²) in [6.07, 6.45) is 52.6. The molecule has 19 heteroatoms. The lowest BCUT2D eigenvalue weighted by molar-refractivity contribution is -0.161. The van der Waals surface area contributed by atoms with Crippen LogP contribution in [0.1, 0.15) is 382 Å². The normalized spacial score (nSPS) is 14.3. The Morgan fingerprint density at radius 3 is 0.817 bits per heavy atom. The van der Waals surface area contributed by atoms with E-state index in [0.717, 1.165) is 108 Å². The summed E-state index contributed by atoms with van der Waals surface area (Å²) in [6, 6.07) is 0. The van der Waals surface area contributed by atoms with E-state index < -0.39 is 97.5 Å². The Balaban J connectivity index is 5.26. The van der Waals surface area contributed by atoms with E-state index in [4.69, 9.17) is 37.0 Å². The van der Waals surface area contributed by atoms with E-state index in [0.29, 0.717) is 25.7 Å². The molecule has 0 fully saturated rings. The summed E-state index contributed by atoms with van der Waals surface area (Å²) in [5.74, 6) is -0.609. The molecule has 552 valence electrons. The zero-order valence-corrected chi connectivity index (χ0v) is 62.3. The molecule has 0 aliphatic carbocycles. The molecular formula is C74H144O17P2. The predicted octanol–water partition coefficient (Wildman–Crippen LogP) is 21.6. The van der Waals surface area contributed by atoms with Gasteiger partial charge in [0.25, 0.3) is 0 Å². The second kappa shape index (κ2) is 66.0. The maximum Gasteiger partial charge on any atom is 0.472 e. The summed E-state index contributed by atoms with van der Waals surface area (Å²) < 4.78 is 68.5. The third-order valence-electron chi connectivity index (χ3n) is 17.6. The summed E-state index contributed by atoms with van der Waals surface area (Å²) in [4.78, 5) is 72.7. The van der Waals surface area contributed by atoms with Crippen LogP contribution in [0.4, 0.5) is 0 Å². The van der Waals surface area contributed by atoms with Crippen molar-refractivity contribution in [3.8, 4) is 0 Å². The summed E-state index contributed by atoms with van der Waals surface area (Å²) >= 11 is 0. The molecule has 3 unspecified atom stereocenters. The zero-order valence-electron chi connectivity index (χ0n) is 60.6. The molecule has 0 aromatic heterocycles. The highest BCUT2D eigenvalue weighted by molar-refractivity contribution is 7.47. The number of aliphatic hydroxyl groups excluding tert-OH is 1. The first-order chi connectivity index (χ1) is 44.9. The molecule has 0 bridgehead atoms. The van der Waals surface area contributed by atoms with Crippen LogP contribution in [0.3, 0.4) is 0 Å². The average Bonchev–Trinajstić information content (AvgIpc) is 2.77. The number of rotatable bonds is 73. The van der Waals surface area contributed by atoms with Gasteiger partial charge in [0.05, 0.1) is 26.4 Å². The topological polar surface area (TPSA) is 237 Å². The summed E-state index contributed by atoms with van der Waals surface area (Å²) in [5.41, 5.74) is 0. The number of aliphatic hydroxyl groups is 1. The van der Waals surface area contributed by atoms with Gasteiger partial charge in [0, 0.05) is 25.7 Å². The fourth-order valence-corrected chi connectivity index (χ4v) is 12.8. The van der Waals surface area contributed by atoms with E-state index in [-0.39, 0.29) is 25.7 Å². The summed E-state index contributed by atoms with van der Waals surface area (Å²) in [5, 5.41) is 10.6. The molecule has 0 aromatic rings. The Kier molecular flexibility index (Phi) is 64.6. The Bertz CT molecular complexity index is 1810. The van der Waals surface area contributed by atoms with Gasteiger partial charge in [-0.2, -0.15) is 0 Å². The van der Waals surface area contributed by atoms with Gasteiger partial charge in [-0.1, -0.05) is 330 Å². The van der Waals surface area contributed by atoms with E-state index in [1.165, 1.54) is 193 Å². The van der Waals surface area contributed by atoms with Crippen molar-refractivity contribution in [2.45, 2.75) is 400 Å². The maximum atomic E-state index is 13.1. The molecule has 0 amide bonds. The molecule has 0 radical (unpaired) electrons. The van der Waals surface area contributed by atoms with Crippen LogP contribution in [-0.4, -0.2) is 96.7 Å². The van der Waals surface area contributed by atoms with E-state index >= 15 is 0 Å². The van der Waals surface area contributed by atoms with Crippen LogP contribution >= 0.6 is 15.6 Å². The molecule has 0 aliphatic rings. The van der Waals surface area contributed by atoms with Crippen molar-refractivity contribution in [2.24, 2.45) is 11.8 Å². The molecule has 0 heterocycles. The number of phosphoric ester groups is 2.